The summed E-state index contributed by atoms with van der Waals surface area (Å²) in [6.45, 7) is 8.46. The molecule has 8 heteroatoms. The van der Waals surface area contributed by atoms with E-state index in [1.165, 1.54) is 4.88 Å². The monoisotopic (exact) mass is 504 g/mol. The smallest absolute Gasteiger partial charge is 0.191 e. The van der Waals surface area contributed by atoms with Gasteiger partial charge in [0.1, 0.15) is 0 Å². The number of ether oxygens (including phenoxy) is 1. The molecule has 1 aromatic carbocycles. The molecule has 150 valence electrons. The minimum absolute atomic E-state index is 0. The van der Waals surface area contributed by atoms with Crippen LogP contribution in [0.15, 0.2) is 23.2 Å². The number of guanidine groups is 1. The Kier molecular flexibility index (Phi) is 10.5. The highest BCUT2D eigenvalue weighted by molar-refractivity contribution is 14.0. The number of benzene rings is 1. The third-order valence-electron chi connectivity index (χ3n) is 3.96. The van der Waals surface area contributed by atoms with Crippen molar-refractivity contribution >= 4 is 41.3 Å². The predicted molar refractivity (Wildman–Crippen MR) is 123 cm³/mol. The topological polar surface area (TPSA) is 78.8 Å². The molecule has 0 atom stereocenters. The SMILES string of the molecule is CCNC(=NCCc1nc(C)c(C)s1)NCCc1ccc(O)c(OC)c1.I. The summed E-state index contributed by atoms with van der Waals surface area (Å²) in [6.07, 6.45) is 1.66. The quantitative estimate of drug-likeness (QED) is 0.292. The van der Waals surface area contributed by atoms with Gasteiger partial charge in [-0.2, -0.15) is 0 Å². The van der Waals surface area contributed by atoms with Crippen LogP contribution in [-0.4, -0.2) is 42.8 Å². The van der Waals surface area contributed by atoms with Crippen LogP contribution in [0.5, 0.6) is 11.5 Å². The number of methoxy groups -OCH3 is 1. The number of nitrogens with one attached hydrogen (secondary N) is 2. The van der Waals surface area contributed by atoms with Crippen LogP contribution in [0, 0.1) is 13.8 Å². The van der Waals surface area contributed by atoms with E-state index < -0.39 is 0 Å². The standard InChI is InChI=1S/C19H28N4O2S.HI/c1-5-20-19(22-11-9-18-23-13(2)14(3)26-18)21-10-8-15-6-7-16(24)17(12-15)25-4;/h6-7,12,24H,5,8-11H2,1-4H3,(H2,20,21,22);1H. The van der Waals surface area contributed by atoms with Crippen molar-refractivity contribution in [2.45, 2.75) is 33.6 Å². The third-order valence-corrected chi connectivity index (χ3v) is 5.10. The van der Waals surface area contributed by atoms with E-state index in [0.29, 0.717) is 12.3 Å². The number of hydrogen-bond acceptors (Lipinski definition) is 5. The maximum absolute atomic E-state index is 9.65. The molecule has 0 fully saturated rings. The molecule has 3 N–H and O–H groups in total. The number of hydrogen-bond donors (Lipinski definition) is 3. The fraction of sp³-hybridized carbons (Fsp3) is 0.474. The van der Waals surface area contributed by atoms with E-state index in [1.54, 1.807) is 24.5 Å². The Morgan fingerprint density at radius 2 is 2.04 bits per heavy atom. The van der Waals surface area contributed by atoms with E-state index in [2.05, 4.69) is 34.5 Å². The van der Waals surface area contributed by atoms with Gasteiger partial charge in [-0.3, -0.25) is 4.99 Å². The highest BCUT2D eigenvalue weighted by Crippen LogP contribution is 2.26. The lowest BCUT2D eigenvalue weighted by Gasteiger charge is -2.12. The molecule has 6 nitrogen and oxygen atoms in total. The molecule has 0 spiro atoms. The van der Waals surface area contributed by atoms with Crippen molar-refractivity contribution in [3.05, 3.63) is 39.3 Å². The van der Waals surface area contributed by atoms with Crippen molar-refractivity contribution in [2.24, 2.45) is 4.99 Å². The maximum Gasteiger partial charge on any atom is 0.191 e. The molecular weight excluding hydrogens is 475 g/mol. The third kappa shape index (κ3) is 7.53. The summed E-state index contributed by atoms with van der Waals surface area (Å²) in [4.78, 5) is 10.5. The van der Waals surface area contributed by atoms with Crippen LogP contribution >= 0.6 is 35.3 Å². The summed E-state index contributed by atoms with van der Waals surface area (Å²) in [5, 5.41) is 17.4. The number of phenolic OH excluding ortho intramolecular Hbond substituents is 1. The summed E-state index contributed by atoms with van der Waals surface area (Å²) in [5.74, 6) is 1.46. The van der Waals surface area contributed by atoms with Gasteiger partial charge in [-0.1, -0.05) is 6.07 Å². The van der Waals surface area contributed by atoms with Gasteiger partial charge in [0, 0.05) is 30.9 Å². The molecule has 0 saturated carbocycles. The molecule has 0 aliphatic heterocycles. The highest BCUT2D eigenvalue weighted by atomic mass is 127. The molecule has 0 amide bonds. The van der Waals surface area contributed by atoms with Crippen LogP contribution in [0.4, 0.5) is 0 Å². The number of aromatic hydroxyl groups is 1. The molecule has 0 aliphatic carbocycles. The molecule has 0 saturated heterocycles. The number of thiazole rings is 1. The molecule has 0 bridgehead atoms. The molecule has 0 unspecified atom stereocenters. The summed E-state index contributed by atoms with van der Waals surface area (Å²) in [5.41, 5.74) is 2.21. The fourth-order valence-corrected chi connectivity index (χ4v) is 3.38. The van der Waals surface area contributed by atoms with Crippen LogP contribution in [0.3, 0.4) is 0 Å². The van der Waals surface area contributed by atoms with Gasteiger partial charge >= 0.3 is 0 Å². The minimum Gasteiger partial charge on any atom is -0.504 e. The molecule has 0 aliphatic rings. The summed E-state index contributed by atoms with van der Waals surface area (Å²) < 4.78 is 5.15. The Bertz CT molecular complexity index is 730. The highest BCUT2D eigenvalue weighted by Gasteiger charge is 2.05. The molecule has 2 rings (SSSR count). The molecule has 1 heterocycles. The predicted octanol–water partition coefficient (Wildman–Crippen LogP) is 3.43. The number of rotatable bonds is 8. The van der Waals surface area contributed by atoms with E-state index >= 15 is 0 Å². The number of aryl methyl sites for hydroxylation is 2. The molecule has 1 aromatic heterocycles. The second-order valence-corrected chi connectivity index (χ2v) is 7.23. The van der Waals surface area contributed by atoms with Gasteiger partial charge in [0.05, 0.1) is 17.8 Å². The van der Waals surface area contributed by atoms with Gasteiger partial charge < -0.3 is 20.5 Å². The Balaban J connectivity index is 0.00000364. The first-order valence-electron chi connectivity index (χ1n) is 8.84. The van der Waals surface area contributed by atoms with Crippen molar-refractivity contribution < 1.29 is 9.84 Å². The van der Waals surface area contributed by atoms with Crippen LogP contribution in [0.1, 0.15) is 28.1 Å². The molecule has 27 heavy (non-hydrogen) atoms. The fourth-order valence-electron chi connectivity index (χ4n) is 2.45. The van der Waals surface area contributed by atoms with E-state index in [0.717, 1.165) is 48.2 Å². The Morgan fingerprint density at radius 3 is 2.67 bits per heavy atom. The summed E-state index contributed by atoms with van der Waals surface area (Å²) in [7, 11) is 1.55. The average Bonchev–Trinajstić information content (AvgIpc) is 2.94. The van der Waals surface area contributed by atoms with Crippen molar-refractivity contribution in [1.82, 2.24) is 15.6 Å². The molecule has 0 radical (unpaired) electrons. The Morgan fingerprint density at radius 1 is 1.26 bits per heavy atom. The zero-order valence-electron chi connectivity index (χ0n) is 16.3. The largest absolute Gasteiger partial charge is 0.504 e. The van der Waals surface area contributed by atoms with Gasteiger partial charge in [0.2, 0.25) is 0 Å². The second-order valence-electron chi connectivity index (χ2n) is 5.94. The average molecular weight is 504 g/mol. The van der Waals surface area contributed by atoms with Crippen molar-refractivity contribution in [3.63, 3.8) is 0 Å². The maximum atomic E-state index is 9.65. The van der Waals surface area contributed by atoms with Crippen molar-refractivity contribution in [3.8, 4) is 11.5 Å². The van der Waals surface area contributed by atoms with Gasteiger partial charge in [-0.05, 0) is 44.9 Å². The van der Waals surface area contributed by atoms with E-state index in [4.69, 9.17) is 4.74 Å². The van der Waals surface area contributed by atoms with Gasteiger partial charge in [-0.15, -0.1) is 35.3 Å². The molecule has 2 aromatic rings. The normalized spacial score (nSPS) is 11.0. The summed E-state index contributed by atoms with van der Waals surface area (Å²) >= 11 is 1.75. The van der Waals surface area contributed by atoms with Gasteiger partial charge in [0.15, 0.2) is 17.5 Å². The summed E-state index contributed by atoms with van der Waals surface area (Å²) in [6, 6.07) is 5.41. The first-order valence-corrected chi connectivity index (χ1v) is 9.66. The van der Waals surface area contributed by atoms with Crippen LogP contribution in [-0.2, 0) is 12.8 Å². The number of aromatic nitrogens is 1. The second kappa shape index (κ2) is 12.0. The lowest BCUT2D eigenvalue weighted by atomic mass is 10.1. The molecular formula is C19H29IN4O2S. The first kappa shape index (κ1) is 23.5. The first-order chi connectivity index (χ1) is 12.5. The van der Waals surface area contributed by atoms with Crippen molar-refractivity contribution in [1.29, 1.82) is 0 Å². The van der Waals surface area contributed by atoms with Gasteiger partial charge in [-0.25, -0.2) is 4.98 Å². The number of halogens is 1. The number of nitrogens with zero attached hydrogens (tertiary/aromatic N) is 2. The van der Waals surface area contributed by atoms with E-state index in [9.17, 15) is 5.11 Å². The van der Waals surface area contributed by atoms with Crippen LogP contribution < -0.4 is 15.4 Å². The lowest BCUT2D eigenvalue weighted by Crippen LogP contribution is -2.38. The van der Waals surface area contributed by atoms with Crippen LogP contribution in [0.25, 0.3) is 0 Å². The van der Waals surface area contributed by atoms with E-state index in [-0.39, 0.29) is 29.7 Å². The Labute approximate surface area is 182 Å². The zero-order chi connectivity index (χ0) is 18.9. The van der Waals surface area contributed by atoms with Crippen LogP contribution in [0.2, 0.25) is 0 Å². The zero-order valence-corrected chi connectivity index (χ0v) is 19.5. The number of phenols is 1. The lowest BCUT2D eigenvalue weighted by molar-refractivity contribution is 0.373. The van der Waals surface area contributed by atoms with E-state index in [1.807, 2.05) is 19.1 Å². The minimum atomic E-state index is 0. The Hall–Kier alpha value is -1.55. The van der Waals surface area contributed by atoms with Gasteiger partial charge in [0.25, 0.3) is 0 Å². The number of aliphatic imine (C=N–C) groups is 1. The van der Waals surface area contributed by atoms with Crippen molar-refractivity contribution in [2.75, 3.05) is 26.7 Å².